The fourth-order valence-electron chi connectivity index (χ4n) is 4.25. The van der Waals surface area contributed by atoms with Crippen LogP contribution >= 0.6 is 0 Å². The molecule has 2 saturated heterocycles. The normalized spacial score (nSPS) is 17.4. The lowest BCUT2D eigenvalue weighted by molar-refractivity contribution is -0.385. The summed E-state index contributed by atoms with van der Waals surface area (Å²) in [6.07, 6.45) is 1.86. The van der Waals surface area contributed by atoms with E-state index in [9.17, 15) is 23.3 Å². The van der Waals surface area contributed by atoms with Crippen LogP contribution in [-0.4, -0.2) is 77.6 Å². The van der Waals surface area contributed by atoms with Gasteiger partial charge in [-0.1, -0.05) is 0 Å². The van der Waals surface area contributed by atoms with Crippen LogP contribution in [0.3, 0.4) is 0 Å². The fourth-order valence-corrected chi connectivity index (χ4v) is 5.80. The Balaban J connectivity index is 1.81. The van der Waals surface area contributed by atoms with Crippen molar-refractivity contribution in [2.24, 2.45) is 0 Å². The molecule has 13 heteroatoms. The highest BCUT2D eigenvalue weighted by Gasteiger charge is 2.34. The number of ether oxygens (including phenoxy) is 2. The van der Waals surface area contributed by atoms with Gasteiger partial charge in [-0.15, -0.1) is 0 Å². The highest BCUT2D eigenvalue weighted by Crippen LogP contribution is 2.38. The van der Waals surface area contributed by atoms with Gasteiger partial charge in [-0.25, -0.2) is 13.1 Å². The SMILES string of the molecule is Cc1c(C(=O)N2CCCC2)nn(C(C)(C)C)c1Oc1ccc([N+](=O)[O-])cc1S(=O)(=O)N1CCOCC1. The zero-order chi connectivity index (χ0) is 26.3. The maximum absolute atomic E-state index is 13.5. The molecule has 2 fully saturated rings. The second-order valence-electron chi connectivity index (χ2n) is 9.87. The largest absolute Gasteiger partial charge is 0.438 e. The molecule has 0 aliphatic carbocycles. The summed E-state index contributed by atoms with van der Waals surface area (Å²) in [5.41, 5.74) is -0.274. The Hall–Kier alpha value is -3.03. The Bertz CT molecular complexity index is 1270. The molecular formula is C23H31N5O7S. The number of nitro benzene ring substituents is 1. The molecule has 0 bridgehead atoms. The molecule has 3 heterocycles. The predicted molar refractivity (Wildman–Crippen MR) is 130 cm³/mol. The van der Waals surface area contributed by atoms with Gasteiger partial charge in [-0.2, -0.15) is 9.40 Å². The maximum atomic E-state index is 13.5. The molecule has 36 heavy (non-hydrogen) atoms. The van der Waals surface area contributed by atoms with Crippen LogP contribution in [0.1, 0.15) is 49.7 Å². The minimum atomic E-state index is -4.13. The van der Waals surface area contributed by atoms with Crippen molar-refractivity contribution in [3.05, 3.63) is 39.6 Å². The first-order chi connectivity index (χ1) is 16.9. The smallest absolute Gasteiger partial charge is 0.274 e. The van der Waals surface area contributed by atoms with E-state index in [1.807, 2.05) is 20.8 Å². The number of amides is 1. The number of nitro groups is 1. The molecule has 1 aromatic carbocycles. The zero-order valence-corrected chi connectivity index (χ0v) is 21.7. The van der Waals surface area contributed by atoms with Gasteiger partial charge >= 0.3 is 0 Å². The van der Waals surface area contributed by atoms with Crippen LogP contribution in [0.4, 0.5) is 5.69 Å². The van der Waals surface area contributed by atoms with Crippen molar-refractivity contribution in [1.29, 1.82) is 0 Å². The molecule has 4 rings (SSSR count). The lowest BCUT2D eigenvalue weighted by Crippen LogP contribution is -2.40. The Kier molecular flexibility index (Phi) is 7.08. The highest BCUT2D eigenvalue weighted by molar-refractivity contribution is 7.89. The summed E-state index contributed by atoms with van der Waals surface area (Å²) in [6, 6.07) is 3.47. The van der Waals surface area contributed by atoms with Gasteiger partial charge in [0.2, 0.25) is 15.9 Å². The summed E-state index contributed by atoms with van der Waals surface area (Å²) in [6.45, 7) is 9.37. The number of benzene rings is 1. The third-order valence-electron chi connectivity index (χ3n) is 6.23. The van der Waals surface area contributed by atoms with E-state index in [-0.39, 0.29) is 60.1 Å². The molecule has 2 aliphatic heterocycles. The number of aromatic nitrogens is 2. The first-order valence-electron chi connectivity index (χ1n) is 11.8. The average molecular weight is 522 g/mol. The molecule has 0 unspecified atom stereocenters. The molecular weight excluding hydrogens is 490 g/mol. The third-order valence-corrected chi connectivity index (χ3v) is 8.15. The zero-order valence-electron chi connectivity index (χ0n) is 20.9. The highest BCUT2D eigenvalue weighted by atomic mass is 32.2. The van der Waals surface area contributed by atoms with Crippen LogP contribution in [0.2, 0.25) is 0 Å². The Morgan fingerprint density at radius 3 is 2.36 bits per heavy atom. The van der Waals surface area contributed by atoms with Crippen molar-refractivity contribution in [3.8, 4) is 11.6 Å². The summed E-state index contributed by atoms with van der Waals surface area (Å²) < 4.78 is 41.2. The summed E-state index contributed by atoms with van der Waals surface area (Å²) in [4.78, 5) is 25.4. The number of rotatable bonds is 6. The van der Waals surface area contributed by atoms with Gasteiger partial charge in [0.25, 0.3) is 11.6 Å². The Morgan fingerprint density at radius 2 is 1.78 bits per heavy atom. The summed E-state index contributed by atoms with van der Waals surface area (Å²) in [7, 11) is -4.13. The maximum Gasteiger partial charge on any atom is 0.274 e. The molecule has 196 valence electrons. The van der Waals surface area contributed by atoms with E-state index < -0.39 is 20.5 Å². The van der Waals surface area contributed by atoms with Gasteiger partial charge in [-0.05, 0) is 46.6 Å². The van der Waals surface area contributed by atoms with Crippen LogP contribution in [0.5, 0.6) is 11.6 Å². The first-order valence-corrected chi connectivity index (χ1v) is 13.3. The van der Waals surface area contributed by atoms with Gasteiger partial charge in [0.15, 0.2) is 5.69 Å². The predicted octanol–water partition coefficient (Wildman–Crippen LogP) is 2.90. The van der Waals surface area contributed by atoms with E-state index in [2.05, 4.69) is 5.10 Å². The Labute approximate surface area is 210 Å². The van der Waals surface area contributed by atoms with Crippen molar-refractivity contribution in [3.63, 3.8) is 0 Å². The van der Waals surface area contributed by atoms with E-state index in [1.54, 1.807) is 16.5 Å². The molecule has 0 spiro atoms. The lowest BCUT2D eigenvalue weighted by atomic mass is 10.1. The molecule has 0 atom stereocenters. The van der Waals surface area contributed by atoms with Gasteiger partial charge in [0.05, 0.1) is 23.7 Å². The molecule has 0 saturated carbocycles. The number of hydrogen-bond acceptors (Lipinski definition) is 8. The fraction of sp³-hybridized carbons (Fsp3) is 0.565. The molecule has 12 nitrogen and oxygen atoms in total. The number of non-ortho nitro benzene ring substituents is 1. The number of carbonyl (C=O) groups is 1. The number of sulfonamides is 1. The van der Waals surface area contributed by atoms with E-state index in [1.165, 1.54) is 16.4 Å². The summed E-state index contributed by atoms with van der Waals surface area (Å²) in [5, 5.41) is 16.0. The van der Waals surface area contributed by atoms with Gasteiger partial charge < -0.3 is 14.4 Å². The van der Waals surface area contributed by atoms with E-state index >= 15 is 0 Å². The number of hydrogen-bond donors (Lipinski definition) is 0. The summed E-state index contributed by atoms with van der Waals surface area (Å²) >= 11 is 0. The van der Waals surface area contributed by atoms with Crippen molar-refractivity contribution in [2.45, 2.75) is 51.0 Å². The minimum Gasteiger partial charge on any atom is -0.438 e. The van der Waals surface area contributed by atoms with Crippen LogP contribution in [0.15, 0.2) is 23.1 Å². The van der Waals surface area contributed by atoms with Crippen molar-refractivity contribution >= 4 is 21.6 Å². The number of likely N-dealkylation sites (tertiary alicyclic amines) is 1. The topological polar surface area (TPSA) is 137 Å². The molecule has 0 radical (unpaired) electrons. The third kappa shape index (κ3) is 4.95. The lowest BCUT2D eigenvalue weighted by Gasteiger charge is -2.27. The molecule has 1 amide bonds. The number of carbonyl (C=O) groups excluding carboxylic acids is 1. The van der Waals surface area contributed by atoms with Crippen molar-refractivity contribution in [2.75, 3.05) is 39.4 Å². The molecule has 2 aromatic rings. The van der Waals surface area contributed by atoms with E-state index in [4.69, 9.17) is 9.47 Å². The quantitative estimate of drug-likeness (QED) is 0.418. The molecule has 2 aliphatic rings. The van der Waals surface area contributed by atoms with Crippen LogP contribution in [-0.2, 0) is 20.3 Å². The van der Waals surface area contributed by atoms with E-state index in [0.717, 1.165) is 18.9 Å². The van der Waals surface area contributed by atoms with Crippen LogP contribution < -0.4 is 4.74 Å². The van der Waals surface area contributed by atoms with Crippen LogP contribution in [0, 0.1) is 17.0 Å². The van der Waals surface area contributed by atoms with Gasteiger partial charge in [0.1, 0.15) is 10.6 Å². The van der Waals surface area contributed by atoms with Gasteiger partial charge in [-0.3, -0.25) is 14.9 Å². The Morgan fingerprint density at radius 1 is 1.14 bits per heavy atom. The van der Waals surface area contributed by atoms with Crippen molar-refractivity contribution < 1.29 is 27.6 Å². The standard InChI is InChI=1S/C23H31N5O7S/c1-16-20(21(29)25-9-5-6-10-25)24-27(23(2,3)4)22(16)35-18-8-7-17(28(30)31)15-19(18)36(32,33)26-11-13-34-14-12-26/h7-8,15H,5-6,9-14H2,1-4H3. The van der Waals surface area contributed by atoms with Crippen LogP contribution in [0.25, 0.3) is 0 Å². The first kappa shape index (κ1) is 26.0. The summed E-state index contributed by atoms with van der Waals surface area (Å²) in [5.74, 6) is -0.0826. The van der Waals surface area contributed by atoms with Gasteiger partial charge in [0, 0.05) is 43.9 Å². The second-order valence-corrected chi connectivity index (χ2v) is 11.8. The average Bonchev–Trinajstić information content (AvgIpc) is 3.48. The minimum absolute atomic E-state index is 0.0826. The molecule has 0 N–H and O–H groups in total. The van der Waals surface area contributed by atoms with E-state index in [0.29, 0.717) is 18.7 Å². The number of nitrogens with zero attached hydrogens (tertiary/aromatic N) is 5. The second kappa shape index (κ2) is 9.79. The monoisotopic (exact) mass is 521 g/mol. The number of morpholine rings is 1. The molecule has 1 aromatic heterocycles. The van der Waals surface area contributed by atoms with Crippen molar-refractivity contribution in [1.82, 2.24) is 19.0 Å².